The predicted octanol–water partition coefficient (Wildman–Crippen LogP) is 4.21. The van der Waals surface area contributed by atoms with Crippen LogP contribution in [0.5, 0.6) is 0 Å². The molecule has 7 heteroatoms. The quantitative estimate of drug-likeness (QED) is 0.201. The van der Waals surface area contributed by atoms with E-state index in [0.717, 1.165) is 31.1 Å². The second kappa shape index (κ2) is 14.1. The Morgan fingerprint density at radius 3 is 0.913 bits per heavy atom. The largest absolute Gasteiger partial charge is 0.404 e. The van der Waals surface area contributed by atoms with E-state index in [1.807, 2.05) is 147 Å². The Labute approximate surface area is 275 Å². The standard InChI is InChI=1S/C39H38O4Si3/c1-33(2)41-45(36-25-13-5-14-26-36,37-27-15-6-16-28-37)43-46(38-29-17-7-18-30-38,39-31-19-8-20-32-39)42-44(40,34-21-9-3-10-22-34)35-23-11-4-12-24-35/h3-33,40H,1-2H3. The molecule has 0 bridgehead atoms. The zero-order valence-electron chi connectivity index (χ0n) is 26.1. The van der Waals surface area contributed by atoms with Gasteiger partial charge < -0.3 is 17.5 Å². The first-order valence-corrected chi connectivity index (χ1v) is 21.1. The van der Waals surface area contributed by atoms with Crippen LogP contribution in [0.3, 0.4) is 0 Å². The Bertz CT molecular complexity index is 1670. The van der Waals surface area contributed by atoms with Crippen molar-refractivity contribution in [2.45, 2.75) is 20.0 Å². The third-order valence-electron chi connectivity index (χ3n) is 7.93. The summed E-state index contributed by atoms with van der Waals surface area (Å²) in [4.78, 5) is 13.2. The number of benzene rings is 6. The molecule has 0 fully saturated rings. The van der Waals surface area contributed by atoms with Gasteiger partial charge >= 0.3 is 25.7 Å². The van der Waals surface area contributed by atoms with Crippen molar-refractivity contribution in [3.05, 3.63) is 182 Å². The second-order valence-electron chi connectivity index (χ2n) is 11.4. The smallest absolute Gasteiger partial charge is 0.398 e. The third-order valence-corrected chi connectivity index (χ3v) is 20.0. The fraction of sp³-hybridized carbons (Fsp3) is 0.0769. The summed E-state index contributed by atoms with van der Waals surface area (Å²) in [6.07, 6.45) is -0.162. The first-order valence-electron chi connectivity index (χ1n) is 15.6. The average Bonchev–Trinajstić information content (AvgIpc) is 3.13. The molecule has 230 valence electrons. The molecule has 0 aliphatic heterocycles. The van der Waals surface area contributed by atoms with Crippen LogP contribution < -0.4 is 31.1 Å². The van der Waals surface area contributed by atoms with E-state index < -0.39 is 25.7 Å². The zero-order valence-corrected chi connectivity index (χ0v) is 29.1. The molecule has 0 saturated carbocycles. The highest BCUT2D eigenvalue weighted by Crippen LogP contribution is 2.24. The first kappa shape index (κ1) is 31.8. The molecule has 0 atom stereocenters. The van der Waals surface area contributed by atoms with Gasteiger partial charge in [0.2, 0.25) is 0 Å². The Balaban J connectivity index is 1.70. The van der Waals surface area contributed by atoms with Gasteiger partial charge in [-0.05, 0) is 45.0 Å². The topological polar surface area (TPSA) is 47.9 Å². The highest BCUT2D eigenvalue weighted by Gasteiger charge is 2.59. The van der Waals surface area contributed by atoms with Gasteiger partial charge in [0.1, 0.15) is 0 Å². The van der Waals surface area contributed by atoms with Gasteiger partial charge in [-0.2, -0.15) is 0 Å². The minimum atomic E-state index is -3.94. The van der Waals surface area contributed by atoms with E-state index >= 15 is 0 Å². The fourth-order valence-electron chi connectivity index (χ4n) is 5.85. The van der Waals surface area contributed by atoms with Crippen LogP contribution in [0.15, 0.2) is 182 Å². The van der Waals surface area contributed by atoms with Crippen LogP contribution >= 0.6 is 0 Å². The Kier molecular flexibility index (Phi) is 9.72. The molecular weight excluding hydrogens is 617 g/mol. The third kappa shape index (κ3) is 6.40. The summed E-state index contributed by atoms with van der Waals surface area (Å²) in [6.45, 7) is 4.09. The van der Waals surface area contributed by atoms with E-state index in [1.165, 1.54) is 0 Å². The molecule has 0 heterocycles. The predicted molar refractivity (Wildman–Crippen MR) is 194 cm³/mol. The van der Waals surface area contributed by atoms with E-state index in [0.29, 0.717) is 0 Å². The fourth-order valence-corrected chi connectivity index (χ4v) is 19.4. The van der Waals surface area contributed by atoms with Crippen molar-refractivity contribution in [3.8, 4) is 0 Å². The molecular formula is C39H38O4Si3. The lowest BCUT2D eigenvalue weighted by Gasteiger charge is -2.45. The normalized spacial score (nSPS) is 12.3. The lowest BCUT2D eigenvalue weighted by molar-refractivity contribution is 0.189. The minimum absolute atomic E-state index is 0.162. The summed E-state index contributed by atoms with van der Waals surface area (Å²) in [5, 5.41) is 5.18. The lowest BCUT2D eigenvalue weighted by atomic mass is 10.4. The molecule has 0 spiro atoms. The van der Waals surface area contributed by atoms with E-state index in [-0.39, 0.29) is 6.10 Å². The maximum absolute atomic E-state index is 13.2. The lowest BCUT2D eigenvalue weighted by Crippen LogP contribution is -2.80. The van der Waals surface area contributed by atoms with Gasteiger partial charge in [0.15, 0.2) is 0 Å². The summed E-state index contributed by atoms with van der Waals surface area (Å²) in [7, 11) is -11.4. The van der Waals surface area contributed by atoms with Crippen LogP contribution in [0.1, 0.15) is 13.8 Å². The van der Waals surface area contributed by atoms with Gasteiger partial charge in [0.05, 0.1) is 0 Å². The summed E-state index contributed by atoms with van der Waals surface area (Å²) in [5.41, 5.74) is 0. The van der Waals surface area contributed by atoms with Crippen LogP contribution in [-0.4, -0.2) is 36.6 Å². The van der Waals surface area contributed by atoms with Crippen molar-refractivity contribution in [1.82, 2.24) is 0 Å². The number of hydrogen-bond acceptors (Lipinski definition) is 4. The Hall–Kier alpha value is -4.19. The van der Waals surface area contributed by atoms with Crippen LogP contribution in [0.25, 0.3) is 0 Å². The van der Waals surface area contributed by atoms with Crippen molar-refractivity contribution in [2.75, 3.05) is 0 Å². The molecule has 6 aromatic rings. The second-order valence-corrected chi connectivity index (χ2v) is 20.5. The Morgan fingerprint density at radius 1 is 0.370 bits per heavy atom. The number of hydrogen-bond donors (Lipinski definition) is 1. The van der Waals surface area contributed by atoms with Crippen molar-refractivity contribution >= 4 is 56.8 Å². The SMILES string of the molecule is CC(C)O[Si](O[Si](O[Si](O)(c1ccccc1)c1ccccc1)(c1ccccc1)c1ccccc1)(c1ccccc1)c1ccccc1. The molecule has 6 aromatic carbocycles. The Morgan fingerprint density at radius 2 is 0.630 bits per heavy atom. The minimum Gasteiger partial charge on any atom is -0.404 e. The maximum Gasteiger partial charge on any atom is 0.398 e. The highest BCUT2D eigenvalue weighted by atomic mass is 28.5. The van der Waals surface area contributed by atoms with Gasteiger partial charge in [-0.3, -0.25) is 0 Å². The molecule has 6 rings (SSSR count). The van der Waals surface area contributed by atoms with Crippen LogP contribution in [0.2, 0.25) is 0 Å². The molecule has 0 saturated heterocycles. The van der Waals surface area contributed by atoms with Gasteiger partial charge in [0.25, 0.3) is 0 Å². The summed E-state index contributed by atoms with van der Waals surface area (Å²) < 4.78 is 22.7. The van der Waals surface area contributed by atoms with Crippen molar-refractivity contribution in [3.63, 3.8) is 0 Å². The molecule has 0 unspecified atom stereocenters. The van der Waals surface area contributed by atoms with Gasteiger partial charge in [-0.25, -0.2) is 0 Å². The van der Waals surface area contributed by atoms with Crippen LogP contribution in [0, 0.1) is 0 Å². The van der Waals surface area contributed by atoms with Gasteiger partial charge in [-0.1, -0.05) is 182 Å². The molecule has 0 radical (unpaired) electrons. The molecule has 0 aromatic heterocycles. The first-order chi connectivity index (χ1) is 22.5. The van der Waals surface area contributed by atoms with Crippen LogP contribution in [0.4, 0.5) is 0 Å². The van der Waals surface area contributed by atoms with Crippen molar-refractivity contribution < 1.29 is 17.5 Å². The monoisotopic (exact) mass is 654 g/mol. The van der Waals surface area contributed by atoms with E-state index in [9.17, 15) is 4.80 Å². The summed E-state index contributed by atoms with van der Waals surface area (Å²) >= 11 is 0. The summed E-state index contributed by atoms with van der Waals surface area (Å²) in [6, 6.07) is 60.3. The molecule has 0 aliphatic carbocycles. The maximum atomic E-state index is 13.2. The zero-order chi connectivity index (χ0) is 31.9. The molecule has 0 aliphatic rings. The van der Waals surface area contributed by atoms with Crippen molar-refractivity contribution in [1.29, 1.82) is 0 Å². The highest BCUT2D eigenvalue weighted by molar-refractivity contribution is 7.09. The van der Waals surface area contributed by atoms with Crippen molar-refractivity contribution in [2.24, 2.45) is 0 Å². The number of rotatable bonds is 12. The van der Waals surface area contributed by atoms with Gasteiger partial charge in [0, 0.05) is 6.10 Å². The average molecular weight is 655 g/mol. The van der Waals surface area contributed by atoms with E-state index in [2.05, 4.69) is 48.5 Å². The molecule has 1 N–H and O–H groups in total. The van der Waals surface area contributed by atoms with E-state index in [1.54, 1.807) is 0 Å². The molecule has 4 nitrogen and oxygen atoms in total. The van der Waals surface area contributed by atoms with Crippen LogP contribution in [-0.2, 0) is 12.7 Å². The molecule has 0 amide bonds. The van der Waals surface area contributed by atoms with E-state index in [4.69, 9.17) is 12.7 Å². The van der Waals surface area contributed by atoms with Gasteiger partial charge in [-0.15, -0.1) is 0 Å². The molecule has 46 heavy (non-hydrogen) atoms. The summed E-state index contributed by atoms with van der Waals surface area (Å²) in [5.74, 6) is 0.